The molecular formula is C28H37N3O6. The van der Waals surface area contributed by atoms with Gasteiger partial charge < -0.3 is 36.1 Å². The number of allylic oxidation sites excluding steroid dienone is 2. The predicted octanol–water partition coefficient (Wildman–Crippen LogP) is 2.74. The first kappa shape index (κ1) is 29.6. The van der Waals surface area contributed by atoms with E-state index in [0.29, 0.717) is 69.1 Å². The van der Waals surface area contributed by atoms with Gasteiger partial charge in [0.15, 0.2) is 34.6 Å². The molecule has 0 heterocycles. The molecule has 0 radical (unpaired) electrons. The van der Waals surface area contributed by atoms with E-state index in [0.717, 1.165) is 17.5 Å². The zero-order valence-corrected chi connectivity index (χ0v) is 21.3. The van der Waals surface area contributed by atoms with Gasteiger partial charge in [0.2, 0.25) is 0 Å². The van der Waals surface area contributed by atoms with Crippen molar-refractivity contribution in [1.82, 2.24) is 0 Å². The summed E-state index contributed by atoms with van der Waals surface area (Å²) in [5, 5.41) is 0. The van der Waals surface area contributed by atoms with Crippen LogP contribution in [0.1, 0.15) is 30.9 Å². The summed E-state index contributed by atoms with van der Waals surface area (Å²) in [5.41, 5.74) is 18.0. The smallest absolute Gasteiger partial charge is 0.163 e. The molecule has 0 aliphatic rings. The number of benzene rings is 2. The molecule has 0 spiro atoms. The second kappa shape index (κ2) is 16.9. The lowest BCUT2D eigenvalue weighted by Crippen LogP contribution is -2.13. The van der Waals surface area contributed by atoms with E-state index in [1.807, 2.05) is 6.92 Å². The number of ketones is 2. The van der Waals surface area contributed by atoms with Gasteiger partial charge in [-0.05, 0) is 54.0 Å². The first-order chi connectivity index (χ1) is 18.0. The summed E-state index contributed by atoms with van der Waals surface area (Å²) < 4.78 is 22.6. The van der Waals surface area contributed by atoms with Crippen molar-refractivity contribution in [3.63, 3.8) is 0 Å². The van der Waals surface area contributed by atoms with Gasteiger partial charge in [-0.3, -0.25) is 9.59 Å². The van der Waals surface area contributed by atoms with Crippen LogP contribution in [0, 0.1) is 0 Å². The van der Waals surface area contributed by atoms with Gasteiger partial charge in [0.25, 0.3) is 0 Å². The molecule has 0 atom stereocenters. The molecule has 200 valence electrons. The normalized spacial score (nSPS) is 11.1. The van der Waals surface area contributed by atoms with Crippen molar-refractivity contribution in [3.8, 4) is 23.0 Å². The summed E-state index contributed by atoms with van der Waals surface area (Å²) in [6.45, 7) is 4.71. The number of ether oxygens (including phenoxy) is 4. The summed E-state index contributed by atoms with van der Waals surface area (Å²) in [6, 6.07) is 10.6. The van der Waals surface area contributed by atoms with Gasteiger partial charge in [-0.1, -0.05) is 31.2 Å². The minimum atomic E-state index is -0.319. The quantitative estimate of drug-likeness (QED) is 0.203. The molecule has 0 aliphatic heterocycles. The van der Waals surface area contributed by atoms with E-state index >= 15 is 0 Å². The van der Waals surface area contributed by atoms with Gasteiger partial charge in [-0.25, -0.2) is 0 Å². The SMILES string of the molecule is CCCOc1cc(/C=C/C(=O)CC(=O)/C=C/c2ccc(OCCN)c(OCCN)c2)ccc1OCCN. The Labute approximate surface area is 218 Å². The fraction of sp³-hybridized carbons (Fsp3) is 0.357. The van der Waals surface area contributed by atoms with Crippen molar-refractivity contribution in [1.29, 1.82) is 0 Å². The average Bonchev–Trinajstić information content (AvgIpc) is 2.91. The van der Waals surface area contributed by atoms with Gasteiger partial charge in [0.1, 0.15) is 19.8 Å². The fourth-order valence-electron chi connectivity index (χ4n) is 3.11. The Morgan fingerprint density at radius 3 is 1.46 bits per heavy atom. The van der Waals surface area contributed by atoms with E-state index in [-0.39, 0.29) is 18.0 Å². The van der Waals surface area contributed by atoms with Crippen molar-refractivity contribution in [2.45, 2.75) is 19.8 Å². The van der Waals surface area contributed by atoms with E-state index in [4.69, 9.17) is 36.1 Å². The molecule has 6 N–H and O–H groups in total. The lowest BCUT2D eigenvalue weighted by Gasteiger charge is -2.12. The first-order valence-corrected chi connectivity index (χ1v) is 12.3. The molecule has 0 aromatic heterocycles. The van der Waals surface area contributed by atoms with Crippen LogP contribution in [0.15, 0.2) is 48.6 Å². The maximum Gasteiger partial charge on any atom is 0.163 e. The molecule has 0 bridgehead atoms. The minimum absolute atomic E-state index is 0.252. The van der Waals surface area contributed by atoms with E-state index in [1.54, 1.807) is 48.6 Å². The van der Waals surface area contributed by atoms with Crippen LogP contribution in [0.4, 0.5) is 0 Å². The summed E-state index contributed by atoms with van der Waals surface area (Å²) in [7, 11) is 0. The Balaban J connectivity index is 2.00. The molecule has 9 nitrogen and oxygen atoms in total. The van der Waals surface area contributed by atoms with Crippen LogP contribution in [0.25, 0.3) is 12.2 Å². The summed E-state index contributed by atoms with van der Waals surface area (Å²) >= 11 is 0. The number of rotatable bonds is 18. The second-order valence-electron chi connectivity index (χ2n) is 7.95. The van der Waals surface area contributed by atoms with Gasteiger partial charge >= 0.3 is 0 Å². The van der Waals surface area contributed by atoms with Crippen LogP contribution in [-0.2, 0) is 9.59 Å². The number of nitrogens with two attached hydrogens (primary N) is 3. The zero-order valence-electron chi connectivity index (χ0n) is 21.3. The third-order valence-corrected chi connectivity index (χ3v) is 4.80. The molecule has 0 saturated carbocycles. The number of carbonyl (C=O) groups excluding carboxylic acids is 2. The van der Waals surface area contributed by atoms with Gasteiger partial charge in [0.05, 0.1) is 13.0 Å². The lowest BCUT2D eigenvalue weighted by molar-refractivity contribution is -0.121. The minimum Gasteiger partial charge on any atom is -0.490 e. The van der Waals surface area contributed by atoms with Crippen LogP contribution >= 0.6 is 0 Å². The molecule has 2 aromatic rings. The Kier molecular flexibility index (Phi) is 13.5. The van der Waals surface area contributed by atoms with E-state index in [1.165, 1.54) is 12.2 Å². The van der Waals surface area contributed by atoms with E-state index < -0.39 is 0 Å². The van der Waals surface area contributed by atoms with Crippen LogP contribution in [0.5, 0.6) is 23.0 Å². The number of carbonyl (C=O) groups is 2. The third kappa shape index (κ3) is 10.9. The van der Waals surface area contributed by atoms with Crippen LogP contribution < -0.4 is 36.1 Å². The Morgan fingerprint density at radius 2 is 1.05 bits per heavy atom. The maximum absolute atomic E-state index is 12.4. The number of hydrogen-bond acceptors (Lipinski definition) is 9. The fourth-order valence-corrected chi connectivity index (χ4v) is 3.11. The van der Waals surface area contributed by atoms with Crippen molar-refractivity contribution < 1.29 is 28.5 Å². The standard InChI is InChI=1S/C28H37N3O6/c1-2-14-34-27-18-21(5-9-25(27)35-15-11-29)3-7-23(32)20-24(33)8-4-22-6-10-26(36-16-12-30)28(19-22)37-17-13-31/h3-10,18-19H,2,11-17,20,29-31H2,1H3/b7-3+,8-4+. The van der Waals surface area contributed by atoms with Crippen molar-refractivity contribution in [2.75, 3.05) is 46.1 Å². The highest BCUT2D eigenvalue weighted by Crippen LogP contribution is 2.30. The summed E-state index contributed by atoms with van der Waals surface area (Å²) in [5.74, 6) is 1.60. The first-order valence-electron chi connectivity index (χ1n) is 12.3. The van der Waals surface area contributed by atoms with E-state index in [9.17, 15) is 9.59 Å². The molecule has 0 aliphatic carbocycles. The van der Waals surface area contributed by atoms with Crippen molar-refractivity contribution >= 4 is 23.7 Å². The Morgan fingerprint density at radius 1 is 0.649 bits per heavy atom. The monoisotopic (exact) mass is 511 g/mol. The second-order valence-corrected chi connectivity index (χ2v) is 7.95. The predicted molar refractivity (Wildman–Crippen MR) is 145 cm³/mol. The average molecular weight is 512 g/mol. The molecule has 37 heavy (non-hydrogen) atoms. The Hall–Kier alpha value is -3.66. The zero-order chi connectivity index (χ0) is 26.9. The maximum atomic E-state index is 12.4. The van der Waals surface area contributed by atoms with Gasteiger partial charge in [-0.2, -0.15) is 0 Å². The third-order valence-electron chi connectivity index (χ3n) is 4.80. The van der Waals surface area contributed by atoms with Gasteiger partial charge in [-0.15, -0.1) is 0 Å². The van der Waals surface area contributed by atoms with E-state index in [2.05, 4.69) is 0 Å². The molecule has 0 unspecified atom stereocenters. The molecule has 2 aromatic carbocycles. The molecule has 9 heteroatoms. The largest absolute Gasteiger partial charge is 0.490 e. The van der Waals surface area contributed by atoms with Crippen LogP contribution in [-0.4, -0.2) is 57.6 Å². The molecular weight excluding hydrogens is 474 g/mol. The molecule has 0 saturated heterocycles. The molecule has 2 rings (SSSR count). The summed E-state index contributed by atoms with van der Waals surface area (Å²) in [4.78, 5) is 24.7. The topological polar surface area (TPSA) is 149 Å². The van der Waals surface area contributed by atoms with Crippen LogP contribution in [0.2, 0.25) is 0 Å². The van der Waals surface area contributed by atoms with Crippen molar-refractivity contribution in [3.05, 3.63) is 59.7 Å². The van der Waals surface area contributed by atoms with Gasteiger partial charge in [0, 0.05) is 19.6 Å². The highest BCUT2D eigenvalue weighted by Gasteiger charge is 2.09. The number of hydrogen-bond donors (Lipinski definition) is 3. The Bertz CT molecular complexity index is 984. The van der Waals surface area contributed by atoms with Crippen LogP contribution in [0.3, 0.4) is 0 Å². The highest BCUT2D eigenvalue weighted by molar-refractivity contribution is 6.10. The molecule has 0 fully saturated rings. The highest BCUT2D eigenvalue weighted by atomic mass is 16.5. The molecule has 0 amide bonds. The lowest BCUT2D eigenvalue weighted by atomic mass is 10.1. The van der Waals surface area contributed by atoms with Crippen molar-refractivity contribution in [2.24, 2.45) is 17.2 Å². The summed E-state index contributed by atoms with van der Waals surface area (Å²) in [6.07, 6.45) is 6.61.